The van der Waals surface area contributed by atoms with E-state index in [1.165, 1.54) is 0 Å². The zero-order valence-electron chi connectivity index (χ0n) is 11.1. The van der Waals surface area contributed by atoms with Crippen molar-refractivity contribution >= 4 is 0 Å². The SMILES string of the molecule is CCOc1cccc(OCC(C#N)NC(C)C)c1. The van der Waals surface area contributed by atoms with Gasteiger partial charge in [0.15, 0.2) is 0 Å². The van der Waals surface area contributed by atoms with Crippen LogP contribution in [-0.4, -0.2) is 25.3 Å². The van der Waals surface area contributed by atoms with Gasteiger partial charge in [-0.1, -0.05) is 6.07 Å². The van der Waals surface area contributed by atoms with Crippen molar-refractivity contribution in [3.05, 3.63) is 24.3 Å². The van der Waals surface area contributed by atoms with Crippen LogP contribution in [0.1, 0.15) is 20.8 Å². The Morgan fingerprint density at radius 2 is 1.94 bits per heavy atom. The fourth-order valence-electron chi connectivity index (χ4n) is 1.53. The summed E-state index contributed by atoms with van der Waals surface area (Å²) in [7, 11) is 0. The van der Waals surface area contributed by atoms with Crippen LogP contribution in [0.2, 0.25) is 0 Å². The van der Waals surface area contributed by atoms with Crippen molar-refractivity contribution in [2.24, 2.45) is 0 Å². The largest absolute Gasteiger partial charge is 0.494 e. The Bertz CT molecular complexity index is 399. The highest BCUT2D eigenvalue weighted by Crippen LogP contribution is 2.19. The molecule has 4 nitrogen and oxygen atoms in total. The summed E-state index contributed by atoms with van der Waals surface area (Å²) in [4.78, 5) is 0. The summed E-state index contributed by atoms with van der Waals surface area (Å²) >= 11 is 0. The van der Waals surface area contributed by atoms with Gasteiger partial charge in [0.05, 0.1) is 12.7 Å². The summed E-state index contributed by atoms with van der Waals surface area (Å²) in [6.07, 6.45) is 0. The molecule has 18 heavy (non-hydrogen) atoms. The number of rotatable bonds is 7. The van der Waals surface area contributed by atoms with Crippen molar-refractivity contribution in [2.45, 2.75) is 32.9 Å². The van der Waals surface area contributed by atoms with Crippen LogP contribution in [0.3, 0.4) is 0 Å². The molecule has 0 fully saturated rings. The van der Waals surface area contributed by atoms with Crippen LogP contribution in [0.25, 0.3) is 0 Å². The zero-order valence-corrected chi connectivity index (χ0v) is 11.1. The Balaban J connectivity index is 2.51. The molecule has 0 spiro atoms. The molecule has 0 bridgehead atoms. The highest BCUT2D eigenvalue weighted by Gasteiger charge is 2.09. The number of ether oxygens (including phenoxy) is 2. The lowest BCUT2D eigenvalue weighted by Gasteiger charge is -2.15. The van der Waals surface area contributed by atoms with E-state index < -0.39 is 0 Å². The van der Waals surface area contributed by atoms with Gasteiger partial charge in [0.2, 0.25) is 0 Å². The third kappa shape index (κ3) is 5.07. The molecule has 0 amide bonds. The molecule has 0 radical (unpaired) electrons. The Labute approximate surface area is 109 Å². The molecule has 1 aromatic rings. The van der Waals surface area contributed by atoms with E-state index >= 15 is 0 Å². The lowest BCUT2D eigenvalue weighted by molar-refractivity contribution is 0.279. The highest BCUT2D eigenvalue weighted by molar-refractivity contribution is 5.33. The summed E-state index contributed by atoms with van der Waals surface area (Å²) < 4.78 is 11.0. The fourth-order valence-corrected chi connectivity index (χ4v) is 1.53. The zero-order chi connectivity index (χ0) is 13.4. The van der Waals surface area contributed by atoms with E-state index in [0.29, 0.717) is 19.0 Å². The average Bonchev–Trinajstić information content (AvgIpc) is 2.35. The van der Waals surface area contributed by atoms with E-state index in [4.69, 9.17) is 14.7 Å². The Hall–Kier alpha value is -1.73. The quantitative estimate of drug-likeness (QED) is 0.804. The molecule has 0 saturated heterocycles. The van der Waals surface area contributed by atoms with E-state index in [-0.39, 0.29) is 12.1 Å². The maximum Gasteiger partial charge on any atom is 0.130 e. The normalized spacial score (nSPS) is 11.9. The molecule has 1 atom stereocenters. The van der Waals surface area contributed by atoms with Crippen molar-refractivity contribution in [1.29, 1.82) is 5.26 Å². The maximum absolute atomic E-state index is 8.97. The molecule has 0 aromatic heterocycles. The molecule has 1 rings (SSSR count). The van der Waals surface area contributed by atoms with Gasteiger partial charge in [0.25, 0.3) is 0 Å². The maximum atomic E-state index is 8.97. The Kier molecular flexibility index (Phi) is 6.03. The van der Waals surface area contributed by atoms with E-state index in [9.17, 15) is 0 Å². The van der Waals surface area contributed by atoms with Crippen LogP contribution < -0.4 is 14.8 Å². The summed E-state index contributed by atoms with van der Waals surface area (Å²) in [6.45, 7) is 6.88. The molecule has 1 N–H and O–H groups in total. The molecule has 0 aliphatic heterocycles. The molecule has 0 saturated carbocycles. The Morgan fingerprint density at radius 1 is 1.28 bits per heavy atom. The van der Waals surface area contributed by atoms with Gasteiger partial charge in [-0.05, 0) is 32.9 Å². The molecule has 98 valence electrons. The number of hydrogen-bond acceptors (Lipinski definition) is 4. The lowest BCUT2D eigenvalue weighted by atomic mass is 10.3. The topological polar surface area (TPSA) is 54.3 Å². The minimum absolute atomic E-state index is 0.257. The first-order valence-corrected chi connectivity index (χ1v) is 6.17. The number of nitrogens with one attached hydrogen (secondary N) is 1. The van der Waals surface area contributed by atoms with E-state index in [1.807, 2.05) is 45.0 Å². The fraction of sp³-hybridized carbons (Fsp3) is 0.500. The monoisotopic (exact) mass is 248 g/mol. The van der Waals surface area contributed by atoms with Gasteiger partial charge in [0, 0.05) is 12.1 Å². The average molecular weight is 248 g/mol. The van der Waals surface area contributed by atoms with Gasteiger partial charge in [-0.15, -0.1) is 0 Å². The molecule has 1 unspecified atom stereocenters. The van der Waals surface area contributed by atoms with Crippen LogP contribution in [0, 0.1) is 11.3 Å². The Morgan fingerprint density at radius 3 is 2.50 bits per heavy atom. The van der Waals surface area contributed by atoms with E-state index in [2.05, 4.69) is 11.4 Å². The third-order valence-corrected chi connectivity index (χ3v) is 2.22. The predicted octanol–water partition coefficient (Wildman–Crippen LogP) is 2.35. The summed E-state index contributed by atoms with van der Waals surface area (Å²) in [5.74, 6) is 1.49. The van der Waals surface area contributed by atoms with Crippen molar-refractivity contribution in [1.82, 2.24) is 5.32 Å². The number of nitriles is 1. The van der Waals surface area contributed by atoms with Crippen molar-refractivity contribution < 1.29 is 9.47 Å². The van der Waals surface area contributed by atoms with Crippen molar-refractivity contribution in [3.8, 4) is 17.6 Å². The standard InChI is InChI=1S/C14H20N2O2/c1-4-17-13-6-5-7-14(8-13)18-10-12(9-15)16-11(2)3/h5-8,11-12,16H,4,10H2,1-3H3. The number of benzene rings is 1. The molecule has 0 aliphatic rings. The second-order valence-corrected chi connectivity index (χ2v) is 4.22. The van der Waals surface area contributed by atoms with Gasteiger partial charge in [-0.25, -0.2) is 0 Å². The summed E-state index contributed by atoms with van der Waals surface area (Å²) in [6, 6.07) is 9.56. The first kappa shape index (κ1) is 14.3. The van der Waals surface area contributed by atoms with E-state index in [1.54, 1.807) is 0 Å². The molecular weight excluding hydrogens is 228 g/mol. The predicted molar refractivity (Wildman–Crippen MR) is 70.8 cm³/mol. The van der Waals surface area contributed by atoms with Gasteiger partial charge in [-0.2, -0.15) is 5.26 Å². The minimum atomic E-state index is -0.305. The summed E-state index contributed by atoms with van der Waals surface area (Å²) in [5, 5.41) is 12.1. The first-order chi connectivity index (χ1) is 8.65. The summed E-state index contributed by atoms with van der Waals surface area (Å²) in [5.41, 5.74) is 0. The number of nitrogens with zero attached hydrogens (tertiary/aromatic N) is 1. The van der Waals surface area contributed by atoms with Gasteiger partial charge in [0.1, 0.15) is 24.1 Å². The number of hydrogen-bond donors (Lipinski definition) is 1. The molecular formula is C14H20N2O2. The van der Waals surface area contributed by atoms with Crippen molar-refractivity contribution in [3.63, 3.8) is 0 Å². The van der Waals surface area contributed by atoms with Crippen molar-refractivity contribution in [2.75, 3.05) is 13.2 Å². The molecule has 1 aromatic carbocycles. The van der Waals surface area contributed by atoms with Gasteiger partial charge < -0.3 is 9.47 Å². The third-order valence-electron chi connectivity index (χ3n) is 2.22. The minimum Gasteiger partial charge on any atom is -0.494 e. The van der Waals surface area contributed by atoms with Crippen LogP contribution in [0.4, 0.5) is 0 Å². The van der Waals surface area contributed by atoms with Gasteiger partial charge >= 0.3 is 0 Å². The second-order valence-electron chi connectivity index (χ2n) is 4.22. The van der Waals surface area contributed by atoms with Crippen LogP contribution in [0.15, 0.2) is 24.3 Å². The highest BCUT2D eigenvalue weighted by atomic mass is 16.5. The molecule has 4 heteroatoms. The molecule has 0 aliphatic carbocycles. The van der Waals surface area contributed by atoms with Crippen LogP contribution >= 0.6 is 0 Å². The lowest BCUT2D eigenvalue weighted by Crippen LogP contribution is -2.37. The van der Waals surface area contributed by atoms with Gasteiger partial charge in [-0.3, -0.25) is 5.32 Å². The molecule has 0 heterocycles. The smallest absolute Gasteiger partial charge is 0.130 e. The second kappa shape index (κ2) is 7.57. The van der Waals surface area contributed by atoms with Crippen LogP contribution in [0.5, 0.6) is 11.5 Å². The van der Waals surface area contributed by atoms with E-state index in [0.717, 1.165) is 5.75 Å². The van der Waals surface area contributed by atoms with Crippen LogP contribution in [-0.2, 0) is 0 Å². The first-order valence-electron chi connectivity index (χ1n) is 6.17.